The van der Waals surface area contributed by atoms with E-state index >= 15 is 0 Å². The molecule has 1 aliphatic rings. The van der Waals surface area contributed by atoms with Crippen molar-refractivity contribution in [1.82, 2.24) is 14.1 Å². The van der Waals surface area contributed by atoms with Crippen LogP contribution in [0, 0.1) is 59.5 Å². The average molecular weight is 1060 g/mol. The summed E-state index contributed by atoms with van der Waals surface area (Å²) in [6, 6.07) is 80.4. The molecule has 0 bridgehead atoms. The van der Waals surface area contributed by atoms with Crippen LogP contribution in [-0.4, -0.2) is 14.1 Å². The molecule has 0 unspecified atom stereocenters. The van der Waals surface area contributed by atoms with E-state index in [4.69, 9.17) is 25.0 Å². The Hall–Kier alpha value is -12.3. The fraction of sp³-hybridized carbons (Fsp3) is 0.0137. The molecule has 0 saturated heterocycles. The van der Waals surface area contributed by atoms with Crippen LogP contribution in [0.1, 0.15) is 27.8 Å². The Kier molecular flexibility index (Phi) is 12.6. The van der Waals surface area contributed by atoms with Gasteiger partial charge in [-0.2, -0.15) is 15.8 Å². The summed E-state index contributed by atoms with van der Waals surface area (Å²) in [5, 5.41) is 34.5. The molecule has 14 aromatic rings. The number of aromatic amines is 1. The molecular formula is C73H40FN9. The van der Waals surface area contributed by atoms with E-state index in [1.165, 1.54) is 61.3 Å². The van der Waals surface area contributed by atoms with Crippen molar-refractivity contribution in [2.45, 2.75) is 6.42 Å². The number of hydrogen-bond donors (Lipinski definition) is 1. The lowest BCUT2D eigenvalue weighted by molar-refractivity contribution is 0.628. The standard InChI is InChI=1S/C40H20N6.C25H17N.C8H3FN2/c1-43-29-15-25(23-41)17-31(21-29)45-37-9-5-3-7-33(37)35-19-27(11-13-39(35)45)28-12-14-40-36(20-28)34-8-4-6-10-38(34)46(40)32-18-26(24-42)16-30(22-32)44-2;1-2-6-20-18(5-1)13-19-10-9-16(14-22(19)20)17-11-12-25-23(15-17)21-7-3-4-8-24(21)26-25;1-11-8-3-6(5-10)2-7(9)4-8/h3-22H;1-12,14-15,26H,13H2;2-4H. The fourth-order valence-corrected chi connectivity index (χ4v) is 11.6. The first-order valence-corrected chi connectivity index (χ1v) is 26.5. The normalized spacial score (nSPS) is 11.1. The molecule has 1 N–H and O–H groups in total. The number of nitrogens with one attached hydrogen (secondary N) is 1. The highest BCUT2D eigenvalue weighted by Gasteiger charge is 2.20. The van der Waals surface area contributed by atoms with Crippen LogP contribution in [0.4, 0.5) is 21.5 Å². The lowest BCUT2D eigenvalue weighted by Crippen LogP contribution is -1.95. The van der Waals surface area contributed by atoms with Crippen LogP contribution in [0.5, 0.6) is 0 Å². The number of benzene rings is 11. The number of para-hydroxylation sites is 3. The minimum atomic E-state index is -0.546. The SMILES string of the molecule is [C-]#[N+]c1cc(C#N)cc(-n2c3ccccc3c3cc(-c4ccc5c(c4)c4ccccc4n5-c4cc(C#N)cc([N+]#[C-])c4)ccc32)c1.[C-]#[N+]c1cc(F)cc(C#N)c1.c1ccc2c(c1)Cc1ccc(-c3ccc4[nH]c5ccccc5c4c3)cc1-2. The molecule has 10 heteroatoms. The summed E-state index contributed by atoms with van der Waals surface area (Å²) < 4.78 is 16.7. The zero-order valence-electron chi connectivity index (χ0n) is 44.0. The van der Waals surface area contributed by atoms with Gasteiger partial charge in [0.2, 0.25) is 0 Å². The molecule has 0 fully saturated rings. The number of rotatable bonds is 4. The quantitative estimate of drug-likeness (QED) is 0.177. The van der Waals surface area contributed by atoms with E-state index in [0.717, 1.165) is 84.7 Å². The predicted molar refractivity (Wildman–Crippen MR) is 329 cm³/mol. The number of aromatic nitrogens is 3. The average Bonchev–Trinajstić information content (AvgIpc) is 2.63. The van der Waals surface area contributed by atoms with Crippen LogP contribution >= 0.6 is 0 Å². The Morgan fingerprint density at radius 2 is 0.807 bits per heavy atom. The lowest BCUT2D eigenvalue weighted by Gasteiger charge is -2.10. The second-order valence-corrected chi connectivity index (χ2v) is 20.2. The minimum Gasteiger partial charge on any atom is -0.355 e. The fourth-order valence-electron chi connectivity index (χ4n) is 11.6. The van der Waals surface area contributed by atoms with Gasteiger partial charge in [0.25, 0.3) is 0 Å². The monoisotopic (exact) mass is 1060 g/mol. The smallest absolute Gasteiger partial charge is 0.191 e. The summed E-state index contributed by atoms with van der Waals surface area (Å²) in [6.45, 7) is 21.7. The zero-order chi connectivity index (χ0) is 56.7. The van der Waals surface area contributed by atoms with Gasteiger partial charge in [0.05, 0.1) is 60.0 Å². The third-order valence-electron chi connectivity index (χ3n) is 15.3. The number of fused-ring (bicyclic) bond motifs is 12. The molecule has 1 aliphatic carbocycles. The molecule has 15 rings (SSSR count). The van der Waals surface area contributed by atoms with E-state index in [2.05, 4.69) is 186 Å². The van der Waals surface area contributed by atoms with E-state index in [1.54, 1.807) is 18.2 Å². The van der Waals surface area contributed by atoms with Gasteiger partial charge in [-0.3, -0.25) is 0 Å². The first-order valence-electron chi connectivity index (χ1n) is 26.5. The van der Waals surface area contributed by atoms with Crippen LogP contribution in [-0.2, 0) is 6.42 Å². The first kappa shape index (κ1) is 50.2. The van der Waals surface area contributed by atoms with E-state index in [0.29, 0.717) is 22.5 Å². The molecule has 83 heavy (non-hydrogen) atoms. The van der Waals surface area contributed by atoms with E-state index in [9.17, 15) is 14.9 Å². The van der Waals surface area contributed by atoms with Crippen LogP contribution in [0.15, 0.2) is 224 Å². The van der Waals surface area contributed by atoms with Gasteiger partial charge in [0.1, 0.15) is 5.82 Å². The van der Waals surface area contributed by atoms with Gasteiger partial charge in [0.15, 0.2) is 17.1 Å². The Labute approximate surface area is 476 Å². The van der Waals surface area contributed by atoms with E-state index < -0.39 is 5.82 Å². The largest absolute Gasteiger partial charge is 0.355 e. The van der Waals surface area contributed by atoms with Crippen molar-refractivity contribution in [3.63, 3.8) is 0 Å². The van der Waals surface area contributed by atoms with Crippen molar-refractivity contribution >= 4 is 82.5 Å². The van der Waals surface area contributed by atoms with Gasteiger partial charge in [-0.25, -0.2) is 18.9 Å². The second kappa shape index (κ2) is 20.8. The van der Waals surface area contributed by atoms with Crippen molar-refractivity contribution in [2.24, 2.45) is 0 Å². The van der Waals surface area contributed by atoms with Crippen molar-refractivity contribution in [1.29, 1.82) is 15.8 Å². The second-order valence-electron chi connectivity index (χ2n) is 20.2. The van der Waals surface area contributed by atoms with Crippen LogP contribution in [0.3, 0.4) is 0 Å². The third kappa shape index (κ3) is 9.06. The van der Waals surface area contributed by atoms with Crippen molar-refractivity contribution in [2.75, 3.05) is 0 Å². The van der Waals surface area contributed by atoms with Gasteiger partial charge in [-0.15, -0.1) is 0 Å². The van der Waals surface area contributed by atoms with Gasteiger partial charge in [-0.05, 0) is 166 Å². The molecule has 0 radical (unpaired) electrons. The van der Waals surface area contributed by atoms with Gasteiger partial charge < -0.3 is 14.1 Å². The molecule has 3 heterocycles. The molecule has 0 aliphatic heterocycles. The van der Waals surface area contributed by atoms with E-state index in [1.807, 2.05) is 48.5 Å². The first-order chi connectivity index (χ1) is 40.7. The Balaban J connectivity index is 0.000000144. The molecule has 0 amide bonds. The maximum Gasteiger partial charge on any atom is 0.191 e. The summed E-state index contributed by atoms with van der Waals surface area (Å²) in [7, 11) is 0. The van der Waals surface area contributed by atoms with Crippen molar-refractivity contribution in [3.8, 4) is 63.0 Å². The summed E-state index contributed by atoms with van der Waals surface area (Å²) >= 11 is 0. The molecule has 0 atom stereocenters. The highest BCUT2D eigenvalue weighted by molar-refractivity contribution is 6.13. The van der Waals surface area contributed by atoms with Gasteiger partial charge in [0, 0.05) is 71.4 Å². The zero-order valence-corrected chi connectivity index (χ0v) is 44.0. The predicted octanol–water partition coefficient (Wildman–Crippen LogP) is 19.2. The lowest BCUT2D eigenvalue weighted by atomic mass is 9.97. The summed E-state index contributed by atoms with van der Waals surface area (Å²) in [5.74, 6) is -0.546. The van der Waals surface area contributed by atoms with Gasteiger partial charge >= 0.3 is 0 Å². The Morgan fingerprint density at radius 3 is 1.39 bits per heavy atom. The summed E-state index contributed by atoms with van der Waals surface area (Å²) in [5.41, 5.74) is 20.3. The maximum absolute atomic E-state index is 12.5. The highest BCUT2D eigenvalue weighted by Crippen LogP contribution is 2.42. The van der Waals surface area contributed by atoms with Crippen molar-refractivity contribution in [3.05, 3.63) is 292 Å². The summed E-state index contributed by atoms with van der Waals surface area (Å²) in [6.07, 6.45) is 1.05. The molecular weight excluding hydrogens is 1020 g/mol. The minimum absolute atomic E-state index is 0.154. The number of halogens is 1. The van der Waals surface area contributed by atoms with Crippen LogP contribution in [0.25, 0.3) is 125 Å². The number of nitrogens with zero attached hydrogens (tertiary/aromatic N) is 8. The van der Waals surface area contributed by atoms with Crippen molar-refractivity contribution < 1.29 is 4.39 Å². The Bertz CT molecular complexity index is 5010. The Morgan fingerprint density at radius 1 is 0.373 bits per heavy atom. The topological polar surface area (TPSA) is 110 Å². The van der Waals surface area contributed by atoms with Crippen LogP contribution in [0.2, 0.25) is 0 Å². The van der Waals surface area contributed by atoms with E-state index in [-0.39, 0.29) is 11.3 Å². The molecule has 11 aromatic carbocycles. The number of hydrogen-bond acceptors (Lipinski definition) is 3. The molecule has 384 valence electrons. The molecule has 0 spiro atoms. The number of nitriles is 3. The maximum atomic E-state index is 12.5. The number of H-pyrrole nitrogens is 1. The van der Waals surface area contributed by atoms with Gasteiger partial charge in [-0.1, -0.05) is 109 Å². The highest BCUT2D eigenvalue weighted by atomic mass is 19.1. The summed E-state index contributed by atoms with van der Waals surface area (Å²) in [4.78, 5) is 13.7. The molecule has 9 nitrogen and oxygen atoms in total. The molecule has 0 saturated carbocycles. The van der Waals surface area contributed by atoms with Crippen LogP contribution < -0.4 is 0 Å². The molecule has 3 aromatic heterocycles. The third-order valence-corrected chi connectivity index (χ3v) is 15.3.